The number of nitrogens with zero attached hydrogens (tertiary/aromatic N) is 3. The molecule has 0 spiro atoms. The fourth-order valence-electron chi connectivity index (χ4n) is 4.67. The molecule has 1 aromatic carbocycles. The topological polar surface area (TPSA) is 107 Å². The Morgan fingerprint density at radius 2 is 1.94 bits per heavy atom. The van der Waals surface area contributed by atoms with Crippen molar-refractivity contribution in [3.8, 4) is 11.1 Å². The Hall–Kier alpha value is -3.00. The van der Waals surface area contributed by atoms with Crippen LogP contribution in [0.15, 0.2) is 16.7 Å². The number of hydrogen-bond donors (Lipinski definition) is 1. The molecule has 0 unspecified atom stereocenters. The fraction of sp³-hybridized carbons (Fsp3) is 0.556. The molecule has 186 valence electrons. The van der Waals surface area contributed by atoms with Crippen molar-refractivity contribution in [1.82, 2.24) is 14.7 Å². The first-order chi connectivity index (χ1) is 16.5. The van der Waals surface area contributed by atoms with Gasteiger partial charge in [0.25, 0.3) is 0 Å². The highest BCUT2D eigenvalue weighted by Gasteiger charge is 2.39. The lowest BCUT2D eigenvalue weighted by Crippen LogP contribution is -2.28. The summed E-state index contributed by atoms with van der Waals surface area (Å²) in [4.78, 5) is 31.7. The molecule has 3 aromatic rings. The van der Waals surface area contributed by atoms with Crippen molar-refractivity contribution >= 4 is 22.9 Å². The van der Waals surface area contributed by atoms with E-state index >= 15 is 0 Å². The number of hydrogen-bond acceptors (Lipinski definition) is 7. The Kier molecular flexibility index (Phi) is 5.62. The van der Waals surface area contributed by atoms with Crippen LogP contribution in [0.3, 0.4) is 0 Å². The first kappa shape index (κ1) is 23.7. The van der Waals surface area contributed by atoms with Crippen molar-refractivity contribution in [1.29, 1.82) is 0 Å². The first-order valence-corrected chi connectivity index (χ1v) is 12.4. The van der Waals surface area contributed by atoms with Crippen molar-refractivity contribution in [2.75, 3.05) is 0 Å². The summed E-state index contributed by atoms with van der Waals surface area (Å²) in [7, 11) is 0. The van der Waals surface area contributed by atoms with Gasteiger partial charge in [0.15, 0.2) is 5.78 Å². The summed E-state index contributed by atoms with van der Waals surface area (Å²) < 4.78 is 12.7. The molecule has 0 saturated heterocycles. The minimum absolute atomic E-state index is 0.0518. The summed E-state index contributed by atoms with van der Waals surface area (Å²) in [6.07, 6.45) is 4.54. The smallest absolute Gasteiger partial charge is 0.420 e. The Bertz CT molecular complexity index is 1300. The van der Waals surface area contributed by atoms with Gasteiger partial charge in [-0.25, -0.2) is 14.3 Å². The number of carbonyl (C=O) groups excluding carboxylic acids is 2. The number of fused-ring (bicyclic) bond motifs is 1. The third-order valence-electron chi connectivity index (χ3n) is 6.80. The summed E-state index contributed by atoms with van der Waals surface area (Å²) in [5.74, 6) is 1.40. The molecule has 1 N–H and O–H groups in total. The number of imidazole rings is 1. The van der Waals surface area contributed by atoms with Gasteiger partial charge in [-0.1, -0.05) is 5.16 Å². The van der Waals surface area contributed by atoms with Crippen molar-refractivity contribution in [2.45, 2.75) is 96.7 Å². The highest BCUT2D eigenvalue weighted by molar-refractivity contribution is 6.09. The first-order valence-electron chi connectivity index (χ1n) is 12.4. The molecule has 0 amide bonds. The van der Waals surface area contributed by atoms with E-state index in [0.717, 1.165) is 36.8 Å². The molecule has 2 aliphatic carbocycles. The van der Waals surface area contributed by atoms with Gasteiger partial charge in [-0.3, -0.25) is 4.79 Å². The fourth-order valence-corrected chi connectivity index (χ4v) is 4.67. The summed E-state index contributed by atoms with van der Waals surface area (Å²) in [6.45, 7) is 9.18. The molecule has 0 bridgehead atoms. The van der Waals surface area contributed by atoms with Gasteiger partial charge in [0.1, 0.15) is 22.7 Å². The predicted molar refractivity (Wildman–Crippen MR) is 131 cm³/mol. The number of aromatic nitrogens is 3. The van der Waals surface area contributed by atoms with E-state index in [1.165, 1.54) is 0 Å². The molecular weight excluding hydrogens is 446 g/mol. The highest BCUT2D eigenvalue weighted by atomic mass is 16.6. The number of benzene rings is 1. The van der Waals surface area contributed by atoms with Crippen LogP contribution in [0.1, 0.15) is 99.3 Å². The number of aliphatic hydroxyl groups is 1. The maximum atomic E-state index is 13.5. The van der Waals surface area contributed by atoms with Gasteiger partial charge in [-0.05, 0) is 90.8 Å². The van der Waals surface area contributed by atoms with Crippen molar-refractivity contribution in [3.63, 3.8) is 0 Å². The monoisotopic (exact) mass is 479 g/mol. The lowest BCUT2D eigenvalue weighted by molar-refractivity contribution is 0.0538. The van der Waals surface area contributed by atoms with Crippen LogP contribution in [-0.2, 0) is 4.74 Å². The Balaban J connectivity index is 1.64. The summed E-state index contributed by atoms with van der Waals surface area (Å²) >= 11 is 0. The lowest BCUT2D eigenvalue weighted by Gasteiger charge is -2.20. The zero-order valence-corrected chi connectivity index (χ0v) is 21.1. The molecule has 2 aromatic heterocycles. The standard InChI is InChI=1S/C27H33N3O5/c1-15-22(16(2)35-29-15)18-13-19(21(31)7-6-10-27(33)11-12-27)23-20(14-18)30(24(28-23)17-8-9-17)25(32)34-26(3,4)5/h13-14,17,33H,6-12H2,1-5H3. The number of rotatable bonds is 7. The van der Waals surface area contributed by atoms with Gasteiger partial charge in [0.2, 0.25) is 0 Å². The van der Waals surface area contributed by atoms with E-state index < -0.39 is 17.3 Å². The minimum Gasteiger partial charge on any atom is -0.443 e. The molecule has 8 heteroatoms. The van der Waals surface area contributed by atoms with Crippen LogP contribution in [0.4, 0.5) is 4.79 Å². The van der Waals surface area contributed by atoms with Gasteiger partial charge in [-0.15, -0.1) is 0 Å². The Morgan fingerprint density at radius 3 is 2.51 bits per heavy atom. The van der Waals surface area contributed by atoms with E-state index in [1.54, 1.807) is 4.57 Å². The van der Waals surface area contributed by atoms with Crippen molar-refractivity contribution in [2.24, 2.45) is 0 Å². The lowest BCUT2D eigenvalue weighted by atomic mass is 9.96. The number of ether oxygens (including phenoxy) is 1. The molecule has 2 aliphatic rings. The van der Waals surface area contributed by atoms with Crippen LogP contribution < -0.4 is 0 Å². The van der Waals surface area contributed by atoms with Gasteiger partial charge < -0.3 is 14.4 Å². The summed E-state index contributed by atoms with van der Waals surface area (Å²) in [5, 5.41) is 14.3. The third-order valence-corrected chi connectivity index (χ3v) is 6.80. The molecule has 2 saturated carbocycles. The van der Waals surface area contributed by atoms with Crippen LogP contribution in [0.5, 0.6) is 0 Å². The molecule has 8 nitrogen and oxygen atoms in total. The van der Waals surface area contributed by atoms with Gasteiger partial charge >= 0.3 is 6.09 Å². The quantitative estimate of drug-likeness (QED) is 0.424. The second-order valence-corrected chi connectivity index (χ2v) is 11.2. The van der Waals surface area contributed by atoms with Crippen molar-refractivity contribution in [3.05, 3.63) is 35.0 Å². The highest BCUT2D eigenvalue weighted by Crippen LogP contribution is 2.43. The van der Waals surface area contributed by atoms with E-state index in [2.05, 4.69) is 5.16 Å². The molecule has 0 radical (unpaired) electrons. The van der Waals surface area contributed by atoms with Gasteiger partial charge in [0.05, 0.1) is 16.8 Å². The predicted octanol–water partition coefficient (Wildman–Crippen LogP) is 5.85. The van der Waals surface area contributed by atoms with E-state index in [0.29, 0.717) is 53.1 Å². The van der Waals surface area contributed by atoms with Crippen LogP contribution in [-0.4, -0.2) is 42.9 Å². The Labute approximate surface area is 204 Å². The van der Waals surface area contributed by atoms with Crippen LogP contribution in [0, 0.1) is 13.8 Å². The van der Waals surface area contributed by atoms with Gasteiger partial charge in [-0.2, -0.15) is 0 Å². The second-order valence-electron chi connectivity index (χ2n) is 11.2. The maximum absolute atomic E-state index is 13.5. The van der Waals surface area contributed by atoms with Crippen molar-refractivity contribution < 1.29 is 24.0 Å². The average Bonchev–Trinajstić information content (AvgIpc) is 3.67. The maximum Gasteiger partial charge on any atom is 0.420 e. The number of ketones is 1. The largest absolute Gasteiger partial charge is 0.443 e. The van der Waals surface area contributed by atoms with Gasteiger partial charge in [0, 0.05) is 23.5 Å². The zero-order chi connectivity index (χ0) is 25.1. The van der Waals surface area contributed by atoms with E-state index in [-0.39, 0.29) is 11.7 Å². The normalized spacial score (nSPS) is 17.1. The molecule has 0 atom stereocenters. The molecule has 2 heterocycles. The second kappa shape index (κ2) is 8.29. The SMILES string of the molecule is Cc1noc(C)c1-c1cc(C(=O)CCCC2(O)CC2)c2nc(C3CC3)n(C(=O)OC(C)(C)C)c2c1. The van der Waals surface area contributed by atoms with Crippen LogP contribution in [0.2, 0.25) is 0 Å². The average molecular weight is 480 g/mol. The molecular formula is C27H33N3O5. The molecule has 5 rings (SSSR count). The molecule has 35 heavy (non-hydrogen) atoms. The van der Waals surface area contributed by atoms with E-state index in [9.17, 15) is 14.7 Å². The number of aryl methyl sites for hydroxylation is 2. The van der Waals surface area contributed by atoms with E-state index in [4.69, 9.17) is 14.2 Å². The summed E-state index contributed by atoms with van der Waals surface area (Å²) in [6, 6.07) is 3.72. The Morgan fingerprint density at radius 1 is 1.23 bits per heavy atom. The number of Topliss-reactive ketones (excluding diaryl/α,β-unsaturated/α-hetero) is 1. The number of carbonyl (C=O) groups is 2. The minimum atomic E-state index is -0.671. The van der Waals surface area contributed by atoms with Crippen LogP contribution in [0.25, 0.3) is 22.2 Å². The van der Waals surface area contributed by atoms with E-state index in [1.807, 2.05) is 46.8 Å². The summed E-state index contributed by atoms with van der Waals surface area (Å²) in [5.41, 5.74) is 2.56. The third kappa shape index (κ3) is 4.76. The zero-order valence-electron chi connectivity index (χ0n) is 21.1. The van der Waals surface area contributed by atoms with Crippen LogP contribution >= 0.6 is 0 Å². The molecule has 2 fully saturated rings. The molecule has 0 aliphatic heterocycles.